The van der Waals surface area contributed by atoms with Gasteiger partial charge in [0.2, 0.25) is 0 Å². The minimum atomic E-state index is 0.164. The van der Waals surface area contributed by atoms with Crippen LogP contribution in [0.25, 0.3) is 0 Å². The van der Waals surface area contributed by atoms with E-state index < -0.39 is 0 Å². The van der Waals surface area contributed by atoms with E-state index in [9.17, 15) is 0 Å². The lowest BCUT2D eigenvalue weighted by Crippen LogP contribution is -2.38. The summed E-state index contributed by atoms with van der Waals surface area (Å²) in [6.45, 7) is 2.61. The Morgan fingerprint density at radius 1 is 1.44 bits per heavy atom. The van der Waals surface area contributed by atoms with Gasteiger partial charge < -0.3 is 20.1 Å². The van der Waals surface area contributed by atoms with Crippen molar-refractivity contribution in [2.45, 2.75) is 13.0 Å². The molecule has 0 aliphatic carbocycles. The molecule has 6 heteroatoms. The van der Waals surface area contributed by atoms with Gasteiger partial charge in [-0.25, -0.2) is 0 Å². The lowest BCUT2D eigenvalue weighted by atomic mass is 10.3. The smallest absolute Gasteiger partial charge is 0.171 e. The number of hydrogen-bond acceptors (Lipinski definition) is 3. The molecule has 1 aromatic rings. The Kier molecular flexibility index (Phi) is 6.38. The average molecular weight is 333 g/mol. The summed E-state index contributed by atoms with van der Waals surface area (Å²) >= 11 is 8.63. The van der Waals surface area contributed by atoms with E-state index in [4.69, 9.17) is 21.7 Å². The van der Waals surface area contributed by atoms with Gasteiger partial charge in [-0.1, -0.05) is 0 Å². The molecular formula is C12H17BrN2O2S. The summed E-state index contributed by atoms with van der Waals surface area (Å²) < 4.78 is 11.1. The van der Waals surface area contributed by atoms with Gasteiger partial charge >= 0.3 is 0 Å². The van der Waals surface area contributed by atoms with Crippen LogP contribution < -0.4 is 15.4 Å². The Morgan fingerprint density at radius 2 is 2.17 bits per heavy atom. The van der Waals surface area contributed by atoms with Crippen LogP contribution >= 0.6 is 28.1 Å². The first-order valence-electron chi connectivity index (χ1n) is 5.46. The molecule has 1 unspecified atom stereocenters. The molecule has 0 spiro atoms. The molecule has 4 nitrogen and oxygen atoms in total. The SMILES string of the molecule is COCC(C)NC(=S)Nc1ccc(OC)c(Br)c1. The van der Waals surface area contributed by atoms with Gasteiger partial charge in [0.25, 0.3) is 0 Å². The van der Waals surface area contributed by atoms with Crippen LogP contribution in [-0.4, -0.2) is 32.0 Å². The maximum atomic E-state index is 5.21. The molecule has 2 N–H and O–H groups in total. The first-order chi connectivity index (χ1) is 8.56. The van der Waals surface area contributed by atoms with Crippen LogP contribution in [0.15, 0.2) is 22.7 Å². The summed E-state index contributed by atoms with van der Waals surface area (Å²) in [7, 11) is 3.29. The minimum absolute atomic E-state index is 0.164. The Bertz CT molecular complexity index is 415. The summed E-state index contributed by atoms with van der Waals surface area (Å²) in [5, 5.41) is 6.80. The molecular weight excluding hydrogens is 316 g/mol. The van der Waals surface area contributed by atoms with Crippen LogP contribution in [0.5, 0.6) is 5.75 Å². The number of rotatable bonds is 5. The number of hydrogen-bond donors (Lipinski definition) is 2. The zero-order chi connectivity index (χ0) is 13.5. The molecule has 0 aliphatic rings. The van der Waals surface area contributed by atoms with E-state index in [2.05, 4.69) is 26.6 Å². The summed E-state index contributed by atoms with van der Waals surface area (Å²) in [6.07, 6.45) is 0. The number of ether oxygens (including phenoxy) is 2. The maximum Gasteiger partial charge on any atom is 0.171 e. The van der Waals surface area contributed by atoms with Crippen molar-refractivity contribution in [1.29, 1.82) is 0 Å². The van der Waals surface area contributed by atoms with E-state index in [-0.39, 0.29) is 6.04 Å². The highest BCUT2D eigenvalue weighted by molar-refractivity contribution is 9.10. The highest BCUT2D eigenvalue weighted by atomic mass is 79.9. The summed E-state index contributed by atoms with van der Waals surface area (Å²) in [5.74, 6) is 0.784. The molecule has 0 aliphatic heterocycles. The Labute approximate surface area is 121 Å². The van der Waals surface area contributed by atoms with Crippen molar-refractivity contribution < 1.29 is 9.47 Å². The van der Waals surface area contributed by atoms with Crippen LogP contribution in [0.4, 0.5) is 5.69 Å². The molecule has 0 radical (unpaired) electrons. The molecule has 100 valence electrons. The second-order valence-corrected chi connectivity index (χ2v) is 5.07. The fraction of sp³-hybridized carbons (Fsp3) is 0.417. The molecule has 0 heterocycles. The second-order valence-electron chi connectivity index (χ2n) is 3.80. The first-order valence-corrected chi connectivity index (χ1v) is 6.67. The third kappa shape index (κ3) is 4.80. The lowest BCUT2D eigenvalue weighted by molar-refractivity contribution is 0.179. The third-order valence-electron chi connectivity index (χ3n) is 2.20. The molecule has 18 heavy (non-hydrogen) atoms. The molecule has 1 aromatic carbocycles. The molecule has 0 amide bonds. The molecule has 1 rings (SSSR count). The zero-order valence-corrected chi connectivity index (χ0v) is 13.0. The summed E-state index contributed by atoms with van der Waals surface area (Å²) in [6, 6.07) is 5.84. The highest BCUT2D eigenvalue weighted by Gasteiger charge is 2.05. The number of nitrogens with one attached hydrogen (secondary N) is 2. The van der Waals surface area contributed by atoms with Crippen LogP contribution in [0.1, 0.15) is 6.92 Å². The van der Waals surface area contributed by atoms with Crippen LogP contribution in [-0.2, 0) is 4.74 Å². The molecule has 0 aromatic heterocycles. The molecule has 0 saturated heterocycles. The fourth-order valence-electron chi connectivity index (χ4n) is 1.43. The molecule has 1 atom stereocenters. The Morgan fingerprint density at radius 3 is 2.72 bits per heavy atom. The van der Waals surface area contributed by atoms with E-state index >= 15 is 0 Å². The number of halogens is 1. The van der Waals surface area contributed by atoms with Gasteiger partial charge in [0.1, 0.15) is 5.75 Å². The highest BCUT2D eigenvalue weighted by Crippen LogP contribution is 2.27. The van der Waals surface area contributed by atoms with Crippen molar-refractivity contribution in [3.05, 3.63) is 22.7 Å². The van der Waals surface area contributed by atoms with Crippen molar-refractivity contribution in [2.75, 3.05) is 26.1 Å². The monoisotopic (exact) mass is 332 g/mol. The van der Waals surface area contributed by atoms with Gasteiger partial charge in [-0.2, -0.15) is 0 Å². The largest absolute Gasteiger partial charge is 0.496 e. The summed E-state index contributed by atoms with van der Waals surface area (Å²) in [5.41, 5.74) is 0.893. The van der Waals surface area contributed by atoms with Gasteiger partial charge in [-0.05, 0) is 53.3 Å². The Hall–Kier alpha value is -0.850. The zero-order valence-electron chi connectivity index (χ0n) is 10.6. The molecule has 0 bridgehead atoms. The van der Waals surface area contributed by atoms with E-state index in [0.29, 0.717) is 11.7 Å². The van der Waals surface area contributed by atoms with Crippen LogP contribution in [0.3, 0.4) is 0 Å². The predicted molar refractivity (Wildman–Crippen MR) is 81.4 cm³/mol. The third-order valence-corrected chi connectivity index (χ3v) is 3.04. The predicted octanol–water partition coefficient (Wildman–Crippen LogP) is 2.78. The van der Waals surface area contributed by atoms with Crippen molar-refractivity contribution in [1.82, 2.24) is 5.32 Å². The first kappa shape index (κ1) is 15.2. The number of thiocarbonyl (C=S) groups is 1. The van der Waals surface area contributed by atoms with E-state index in [1.54, 1.807) is 14.2 Å². The average Bonchev–Trinajstić information content (AvgIpc) is 2.29. The fourth-order valence-corrected chi connectivity index (χ4v) is 2.29. The second kappa shape index (κ2) is 7.56. The quantitative estimate of drug-likeness (QED) is 0.811. The van der Waals surface area contributed by atoms with Crippen molar-refractivity contribution in [2.24, 2.45) is 0 Å². The molecule has 0 fully saturated rings. The summed E-state index contributed by atoms with van der Waals surface area (Å²) in [4.78, 5) is 0. The van der Waals surface area contributed by atoms with Crippen molar-refractivity contribution >= 4 is 38.9 Å². The Balaban J connectivity index is 2.57. The van der Waals surface area contributed by atoms with Crippen molar-refractivity contribution in [3.63, 3.8) is 0 Å². The van der Waals surface area contributed by atoms with E-state index in [1.807, 2.05) is 25.1 Å². The van der Waals surface area contributed by atoms with E-state index in [0.717, 1.165) is 15.9 Å². The van der Waals surface area contributed by atoms with Gasteiger partial charge in [0.05, 0.1) is 18.2 Å². The topological polar surface area (TPSA) is 42.5 Å². The normalized spacial score (nSPS) is 11.8. The van der Waals surface area contributed by atoms with Crippen LogP contribution in [0.2, 0.25) is 0 Å². The standard InChI is InChI=1S/C12H17BrN2O2S/c1-8(7-16-2)14-12(18)15-9-4-5-11(17-3)10(13)6-9/h4-6,8H,7H2,1-3H3,(H2,14,15,18). The lowest BCUT2D eigenvalue weighted by Gasteiger charge is -2.16. The van der Waals surface area contributed by atoms with E-state index in [1.165, 1.54) is 0 Å². The maximum absolute atomic E-state index is 5.21. The molecule has 0 saturated carbocycles. The van der Waals surface area contributed by atoms with Gasteiger partial charge in [0, 0.05) is 18.8 Å². The number of anilines is 1. The van der Waals surface area contributed by atoms with Crippen LogP contribution in [0, 0.1) is 0 Å². The van der Waals surface area contributed by atoms with Gasteiger partial charge in [0.15, 0.2) is 5.11 Å². The number of methoxy groups -OCH3 is 2. The van der Waals surface area contributed by atoms with Gasteiger partial charge in [-0.15, -0.1) is 0 Å². The van der Waals surface area contributed by atoms with Crippen molar-refractivity contribution in [3.8, 4) is 5.75 Å². The minimum Gasteiger partial charge on any atom is -0.496 e. The number of benzene rings is 1. The van der Waals surface area contributed by atoms with Gasteiger partial charge in [-0.3, -0.25) is 0 Å².